The fraction of sp³-hybridized carbons (Fsp3) is 0.462. The second kappa shape index (κ2) is 5.61. The van der Waals surface area contributed by atoms with Gasteiger partial charge >= 0.3 is 0 Å². The molecule has 0 amide bonds. The van der Waals surface area contributed by atoms with Gasteiger partial charge in [0.2, 0.25) is 0 Å². The van der Waals surface area contributed by atoms with E-state index in [2.05, 4.69) is 0 Å². The van der Waals surface area contributed by atoms with Crippen molar-refractivity contribution < 1.29 is 9.18 Å². The molecule has 1 unspecified atom stereocenters. The quantitative estimate of drug-likeness (QED) is 0.881. The Bertz CT molecular complexity index is 416. The van der Waals surface area contributed by atoms with Gasteiger partial charge < -0.3 is 5.73 Å². The molecule has 2 nitrogen and oxygen atoms in total. The average Bonchev–Trinajstić information content (AvgIpc) is 2.32. The van der Waals surface area contributed by atoms with Crippen LogP contribution in [0.25, 0.3) is 0 Å². The Kier molecular flexibility index (Phi) is 4.66. The topological polar surface area (TPSA) is 43.1 Å². The lowest BCUT2D eigenvalue weighted by Crippen LogP contribution is -2.36. The highest BCUT2D eigenvalue weighted by Gasteiger charge is 2.29. The fourth-order valence-corrected chi connectivity index (χ4v) is 1.70. The number of halogens is 2. The summed E-state index contributed by atoms with van der Waals surface area (Å²) in [6, 6.07) is 4.04. The number of ketones is 1. The molecule has 0 saturated carbocycles. The third-order valence-electron chi connectivity index (χ3n) is 3.26. The SMILES string of the molecule is CCC(C)(CN)C(=O)Cc1cc(F)ccc1Cl. The molecule has 94 valence electrons. The van der Waals surface area contributed by atoms with Gasteiger partial charge in [0.05, 0.1) is 0 Å². The molecule has 0 aliphatic rings. The monoisotopic (exact) mass is 257 g/mol. The zero-order valence-corrected chi connectivity index (χ0v) is 10.9. The standard InChI is InChI=1S/C13H17ClFNO/c1-3-13(2,8-16)12(17)7-9-6-10(15)4-5-11(9)14/h4-6H,3,7-8,16H2,1-2H3. The maximum Gasteiger partial charge on any atom is 0.144 e. The van der Waals surface area contributed by atoms with Crippen molar-refractivity contribution in [1.29, 1.82) is 0 Å². The van der Waals surface area contributed by atoms with Crippen LogP contribution in [0.2, 0.25) is 5.02 Å². The van der Waals surface area contributed by atoms with Gasteiger partial charge in [0.25, 0.3) is 0 Å². The van der Waals surface area contributed by atoms with E-state index in [-0.39, 0.29) is 24.6 Å². The Morgan fingerprint density at radius 3 is 2.71 bits per heavy atom. The van der Waals surface area contributed by atoms with E-state index in [9.17, 15) is 9.18 Å². The van der Waals surface area contributed by atoms with E-state index < -0.39 is 5.41 Å². The lowest BCUT2D eigenvalue weighted by molar-refractivity contribution is -0.126. The number of carbonyl (C=O) groups excluding carboxylic acids is 1. The summed E-state index contributed by atoms with van der Waals surface area (Å²) in [7, 11) is 0. The molecule has 0 aromatic heterocycles. The first-order valence-corrected chi connectivity index (χ1v) is 5.98. The molecule has 0 fully saturated rings. The summed E-state index contributed by atoms with van der Waals surface area (Å²) in [6.45, 7) is 4.02. The van der Waals surface area contributed by atoms with Crippen molar-refractivity contribution in [3.8, 4) is 0 Å². The summed E-state index contributed by atoms with van der Waals surface area (Å²) < 4.78 is 13.1. The van der Waals surface area contributed by atoms with Gasteiger partial charge in [-0.05, 0) is 30.2 Å². The van der Waals surface area contributed by atoms with Crippen molar-refractivity contribution in [1.82, 2.24) is 0 Å². The van der Waals surface area contributed by atoms with Crippen LogP contribution >= 0.6 is 11.6 Å². The minimum absolute atomic E-state index is 0.00463. The number of hydrogen-bond acceptors (Lipinski definition) is 2. The van der Waals surface area contributed by atoms with Crippen molar-refractivity contribution in [2.75, 3.05) is 6.54 Å². The third-order valence-corrected chi connectivity index (χ3v) is 3.63. The Labute approximate surface area is 106 Å². The van der Waals surface area contributed by atoms with E-state index in [1.165, 1.54) is 18.2 Å². The summed E-state index contributed by atoms with van der Waals surface area (Å²) in [5, 5.41) is 0.412. The number of benzene rings is 1. The van der Waals surface area contributed by atoms with Gasteiger partial charge in [-0.25, -0.2) is 4.39 Å². The first-order valence-electron chi connectivity index (χ1n) is 5.60. The van der Waals surface area contributed by atoms with Crippen molar-refractivity contribution in [2.24, 2.45) is 11.1 Å². The maximum atomic E-state index is 13.1. The molecule has 0 bridgehead atoms. The molecular formula is C13H17ClFNO. The van der Waals surface area contributed by atoms with Crippen LogP contribution in [0.4, 0.5) is 4.39 Å². The van der Waals surface area contributed by atoms with E-state index in [4.69, 9.17) is 17.3 Å². The van der Waals surface area contributed by atoms with Crippen molar-refractivity contribution in [2.45, 2.75) is 26.7 Å². The number of rotatable bonds is 5. The minimum atomic E-state index is -0.560. The van der Waals surface area contributed by atoms with Gasteiger partial charge in [0, 0.05) is 23.4 Å². The van der Waals surface area contributed by atoms with Crippen LogP contribution in [0.3, 0.4) is 0 Å². The summed E-state index contributed by atoms with van der Waals surface area (Å²) >= 11 is 5.93. The Balaban J connectivity index is 2.91. The van der Waals surface area contributed by atoms with E-state index >= 15 is 0 Å². The Morgan fingerprint density at radius 2 is 2.18 bits per heavy atom. The molecule has 0 saturated heterocycles. The average molecular weight is 258 g/mol. The van der Waals surface area contributed by atoms with Gasteiger partial charge in [-0.15, -0.1) is 0 Å². The highest BCUT2D eigenvalue weighted by molar-refractivity contribution is 6.31. The van der Waals surface area contributed by atoms with Crippen LogP contribution in [0, 0.1) is 11.2 Å². The van der Waals surface area contributed by atoms with E-state index in [0.29, 0.717) is 17.0 Å². The van der Waals surface area contributed by atoms with E-state index in [0.717, 1.165) is 0 Å². The van der Waals surface area contributed by atoms with Crippen LogP contribution < -0.4 is 5.73 Å². The second-order valence-electron chi connectivity index (χ2n) is 4.45. The summed E-state index contributed by atoms with van der Waals surface area (Å²) in [6.07, 6.45) is 0.785. The Hall–Kier alpha value is -0.930. The summed E-state index contributed by atoms with van der Waals surface area (Å²) in [4.78, 5) is 12.1. The summed E-state index contributed by atoms with van der Waals surface area (Å²) in [5.41, 5.74) is 5.57. The summed E-state index contributed by atoms with van der Waals surface area (Å²) in [5.74, 6) is -0.391. The largest absolute Gasteiger partial charge is 0.329 e. The van der Waals surface area contributed by atoms with Crippen LogP contribution in [-0.4, -0.2) is 12.3 Å². The molecule has 0 aliphatic heterocycles. The van der Waals surface area contributed by atoms with Crippen molar-refractivity contribution >= 4 is 17.4 Å². The molecule has 0 radical (unpaired) electrons. The molecule has 17 heavy (non-hydrogen) atoms. The van der Waals surface area contributed by atoms with Crippen LogP contribution in [-0.2, 0) is 11.2 Å². The first-order chi connectivity index (χ1) is 7.92. The normalized spacial score (nSPS) is 14.4. The molecule has 4 heteroatoms. The zero-order valence-electron chi connectivity index (χ0n) is 10.1. The maximum absolute atomic E-state index is 13.1. The molecule has 0 aliphatic carbocycles. The highest BCUT2D eigenvalue weighted by atomic mass is 35.5. The van der Waals surface area contributed by atoms with Gasteiger partial charge in [-0.1, -0.05) is 25.4 Å². The zero-order chi connectivity index (χ0) is 13.1. The highest BCUT2D eigenvalue weighted by Crippen LogP contribution is 2.25. The lowest BCUT2D eigenvalue weighted by Gasteiger charge is -2.24. The molecule has 0 spiro atoms. The van der Waals surface area contributed by atoms with Crippen LogP contribution in [0.1, 0.15) is 25.8 Å². The molecule has 0 heterocycles. The van der Waals surface area contributed by atoms with Crippen molar-refractivity contribution in [3.63, 3.8) is 0 Å². The Morgan fingerprint density at radius 1 is 1.53 bits per heavy atom. The minimum Gasteiger partial charge on any atom is -0.329 e. The van der Waals surface area contributed by atoms with Crippen LogP contribution in [0.15, 0.2) is 18.2 Å². The van der Waals surface area contributed by atoms with Crippen molar-refractivity contribution in [3.05, 3.63) is 34.6 Å². The molecule has 1 rings (SSSR count). The van der Waals surface area contributed by atoms with Gasteiger partial charge in [0.15, 0.2) is 0 Å². The molecule has 1 atom stereocenters. The number of nitrogens with two attached hydrogens (primary N) is 1. The fourth-order valence-electron chi connectivity index (χ4n) is 1.52. The van der Waals surface area contributed by atoms with Gasteiger partial charge in [-0.3, -0.25) is 4.79 Å². The van der Waals surface area contributed by atoms with Crippen LogP contribution in [0.5, 0.6) is 0 Å². The second-order valence-corrected chi connectivity index (χ2v) is 4.86. The van der Waals surface area contributed by atoms with Gasteiger partial charge in [0.1, 0.15) is 11.6 Å². The predicted molar refractivity (Wildman–Crippen MR) is 67.6 cm³/mol. The molecular weight excluding hydrogens is 241 g/mol. The number of Topliss-reactive ketones (excluding diaryl/α,β-unsaturated/α-hetero) is 1. The number of carbonyl (C=O) groups is 1. The van der Waals surface area contributed by atoms with E-state index in [1.807, 2.05) is 13.8 Å². The molecule has 1 aromatic rings. The lowest BCUT2D eigenvalue weighted by atomic mass is 9.80. The molecule has 2 N–H and O–H groups in total. The molecule has 1 aromatic carbocycles. The number of hydrogen-bond donors (Lipinski definition) is 1. The predicted octanol–water partition coefficient (Wildman–Crippen LogP) is 2.97. The van der Waals surface area contributed by atoms with E-state index in [1.54, 1.807) is 0 Å². The van der Waals surface area contributed by atoms with Gasteiger partial charge in [-0.2, -0.15) is 0 Å². The first kappa shape index (κ1) is 14.1. The third kappa shape index (κ3) is 3.27. The smallest absolute Gasteiger partial charge is 0.144 e.